The Morgan fingerprint density at radius 1 is 1.18 bits per heavy atom. The van der Waals surface area contributed by atoms with Crippen molar-refractivity contribution < 1.29 is 4.79 Å². The highest BCUT2D eigenvalue weighted by atomic mass is 35.5. The Balaban J connectivity index is 1.66. The molecule has 1 saturated heterocycles. The van der Waals surface area contributed by atoms with E-state index >= 15 is 0 Å². The molecule has 0 radical (unpaired) electrons. The zero-order chi connectivity index (χ0) is 15.4. The van der Waals surface area contributed by atoms with E-state index in [-0.39, 0.29) is 5.91 Å². The average Bonchev–Trinajstić information content (AvgIpc) is 2.56. The van der Waals surface area contributed by atoms with Crippen LogP contribution in [0.25, 0.3) is 0 Å². The van der Waals surface area contributed by atoms with Gasteiger partial charge in [-0.1, -0.05) is 29.8 Å². The summed E-state index contributed by atoms with van der Waals surface area (Å²) in [4.78, 5) is 12.2. The van der Waals surface area contributed by atoms with Gasteiger partial charge in [-0.3, -0.25) is 4.79 Å². The van der Waals surface area contributed by atoms with Crippen LogP contribution in [0.2, 0.25) is 5.02 Å². The van der Waals surface area contributed by atoms with Gasteiger partial charge in [0.15, 0.2) is 0 Å². The predicted octanol–water partition coefficient (Wildman–Crippen LogP) is 4.06. The number of hydrogen-bond donors (Lipinski definition) is 2. The zero-order valence-electron chi connectivity index (χ0n) is 12.3. The van der Waals surface area contributed by atoms with Crippen LogP contribution in [0.1, 0.15) is 34.7 Å². The largest absolute Gasteiger partial charge is 0.322 e. The zero-order valence-corrected chi connectivity index (χ0v) is 13.1. The van der Waals surface area contributed by atoms with E-state index in [9.17, 15) is 4.79 Å². The number of nitrogens with one attached hydrogen (secondary N) is 2. The topological polar surface area (TPSA) is 41.1 Å². The van der Waals surface area contributed by atoms with Crippen LogP contribution in [0.4, 0.5) is 5.69 Å². The highest BCUT2D eigenvalue weighted by Crippen LogP contribution is 2.24. The fourth-order valence-corrected chi connectivity index (χ4v) is 3.00. The third kappa shape index (κ3) is 3.67. The maximum absolute atomic E-state index is 12.2. The van der Waals surface area contributed by atoms with Crippen LogP contribution in [-0.2, 0) is 0 Å². The van der Waals surface area contributed by atoms with Gasteiger partial charge in [0.2, 0.25) is 0 Å². The van der Waals surface area contributed by atoms with Gasteiger partial charge in [0, 0.05) is 22.8 Å². The standard InChI is InChI=1S/C18H19ClN2O/c19-16-5-1-3-14(11-16)18(22)21-17-8-6-13(7-9-17)15-4-2-10-20-12-15/h1,3,5-9,11,15,20H,2,4,10,12H2,(H,21,22). The van der Waals surface area contributed by atoms with Crippen LogP contribution in [-0.4, -0.2) is 19.0 Å². The van der Waals surface area contributed by atoms with E-state index in [1.165, 1.54) is 18.4 Å². The molecule has 0 aromatic heterocycles. The molecule has 3 nitrogen and oxygen atoms in total. The average molecular weight is 315 g/mol. The molecule has 1 heterocycles. The summed E-state index contributed by atoms with van der Waals surface area (Å²) in [5.74, 6) is 0.431. The van der Waals surface area contributed by atoms with Gasteiger partial charge in [-0.25, -0.2) is 0 Å². The van der Waals surface area contributed by atoms with Gasteiger partial charge < -0.3 is 10.6 Å². The van der Waals surface area contributed by atoms with E-state index in [1.54, 1.807) is 24.3 Å². The molecule has 0 spiro atoms. The highest BCUT2D eigenvalue weighted by Gasteiger charge is 2.15. The number of halogens is 1. The fraction of sp³-hybridized carbons (Fsp3) is 0.278. The van der Waals surface area contributed by atoms with Gasteiger partial charge in [-0.15, -0.1) is 0 Å². The van der Waals surface area contributed by atoms with Crippen molar-refractivity contribution in [2.75, 3.05) is 18.4 Å². The number of carbonyl (C=O) groups is 1. The van der Waals surface area contributed by atoms with Gasteiger partial charge in [-0.05, 0) is 61.2 Å². The highest BCUT2D eigenvalue weighted by molar-refractivity contribution is 6.31. The number of amides is 1. The maximum atomic E-state index is 12.2. The van der Waals surface area contributed by atoms with Gasteiger partial charge in [-0.2, -0.15) is 0 Å². The van der Waals surface area contributed by atoms with Crippen molar-refractivity contribution in [2.24, 2.45) is 0 Å². The van der Waals surface area contributed by atoms with Crippen LogP contribution >= 0.6 is 11.6 Å². The summed E-state index contributed by atoms with van der Waals surface area (Å²) in [7, 11) is 0. The molecule has 1 aliphatic heterocycles. The molecular formula is C18H19ClN2O. The van der Waals surface area contributed by atoms with Crippen molar-refractivity contribution in [1.29, 1.82) is 0 Å². The van der Waals surface area contributed by atoms with Crippen LogP contribution < -0.4 is 10.6 Å². The van der Waals surface area contributed by atoms with Crippen molar-refractivity contribution in [3.63, 3.8) is 0 Å². The minimum atomic E-state index is -0.144. The summed E-state index contributed by atoms with van der Waals surface area (Å²) in [5, 5.41) is 6.89. The molecule has 114 valence electrons. The molecular weight excluding hydrogens is 296 g/mol. The second kappa shape index (κ2) is 6.95. The lowest BCUT2D eigenvalue weighted by atomic mass is 9.91. The molecule has 3 rings (SSSR count). The van der Waals surface area contributed by atoms with E-state index in [0.29, 0.717) is 16.5 Å². The molecule has 0 bridgehead atoms. The lowest BCUT2D eigenvalue weighted by Gasteiger charge is -2.23. The Morgan fingerprint density at radius 2 is 2.00 bits per heavy atom. The molecule has 0 saturated carbocycles. The summed E-state index contributed by atoms with van der Waals surface area (Å²) in [6, 6.07) is 15.1. The van der Waals surface area contributed by atoms with E-state index in [0.717, 1.165) is 18.8 Å². The van der Waals surface area contributed by atoms with Crippen LogP contribution in [0.15, 0.2) is 48.5 Å². The first-order valence-electron chi connectivity index (χ1n) is 7.60. The Hall–Kier alpha value is -1.84. The third-order valence-electron chi connectivity index (χ3n) is 4.02. The van der Waals surface area contributed by atoms with E-state index < -0.39 is 0 Å². The lowest BCUT2D eigenvalue weighted by molar-refractivity contribution is 0.102. The quantitative estimate of drug-likeness (QED) is 0.897. The van der Waals surface area contributed by atoms with E-state index in [4.69, 9.17) is 11.6 Å². The first-order valence-corrected chi connectivity index (χ1v) is 7.98. The second-order valence-electron chi connectivity index (χ2n) is 5.63. The van der Waals surface area contributed by atoms with Gasteiger partial charge in [0.1, 0.15) is 0 Å². The smallest absolute Gasteiger partial charge is 0.255 e. The number of benzene rings is 2. The molecule has 0 aliphatic carbocycles. The van der Waals surface area contributed by atoms with Crippen molar-refractivity contribution in [3.8, 4) is 0 Å². The Bertz CT molecular complexity index is 648. The van der Waals surface area contributed by atoms with Crippen LogP contribution in [0.5, 0.6) is 0 Å². The summed E-state index contributed by atoms with van der Waals surface area (Å²) < 4.78 is 0. The number of anilines is 1. The van der Waals surface area contributed by atoms with Crippen molar-refractivity contribution >= 4 is 23.2 Å². The van der Waals surface area contributed by atoms with Crippen molar-refractivity contribution in [3.05, 3.63) is 64.7 Å². The normalized spacial score (nSPS) is 18.0. The molecule has 1 aliphatic rings. The maximum Gasteiger partial charge on any atom is 0.255 e. The molecule has 4 heteroatoms. The number of rotatable bonds is 3. The molecule has 1 amide bonds. The molecule has 2 N–H and O–H groups in total. The Morgan fingerprint density at radius 3 is 2.68 bits per heavy atom. The summed E-state index contributed by atoms with van der Waals surface area (Å²) >= 11 is 5.91. The van der Waals surface area contributed by atoms with Crippen LogP contribution in [0, 0.1) is 0 Å². The Kier molecular flexibility index (Phi) is 4.76. The van der Waals surface area contributed by atoms with Gasteiger partial charge in [0.05, 0.1) is 0 Å². The molecule has 1 fully saturated rings. The van der Waals surface area contributed by atoms with Gasteiger partial charge in [0.25, 0.3) is 5.91 Å². The van der Waals surface area contributed by atoms with Gasteiger partial charge >= 0.3 is 0 Å². The lowest BCUT2D eigenvalue weighted by Crippen LogP contribution is -2.28. The summed E-state index contributed by atoms with van der Waals surface area (Å²) in [6.07, 6.45) is 2.44. The molecule has 1 atom stereocenters. The monoisotopic (exact) mass is 314 g/mol. The molecule has 22 heavy (non-hydrogen) atoms. The Labute approximate surface area is 135 Å². The fourth-order valence-electron chi connectivity index (χ4n) is 2.81. The van der Waals surface area contributed by atoms with E-state index in [1.807, 2.05) is 12.1 Å². The van der Waals surface area contributed by atoms with Crippen molar-refractivity contribution in [2.45, 2.75) is 18.8 Å². The molecule has 2 aromatic rings. The summed E-state index contributed by atoms with van der Waals surface area (Å²) in [5.41, 5.74) is 2.69. The minimum Gasteiger partial charge on any atom is -0.322 e. The SMILES string of the molecule is O=C(Nc1ccc(C2CCCNC2)cc1)c1cccc(Cl)c1. The second-order valence-corrected chi connectivity index (χ2v) is 6.07. The van der Waals surface area contributed by atoms with Crippen molar-refractivity contribution in [1.82, 2.24) is 5.32 Å². The summed E-state index contributed by atoms with van der Waals surface area (Å²) in [6.45, 7) is 2.15. The first kappa shape index (κ1) is 15.1. The molecule has 1 unspecified atom stereocenters. The first-order chi connectivity index (χ1) is 10.7. The minimum absolute atomic E-state index is 0.144. The third-order valence-corrected chi connectivity index (χ3v) is 4.26. The number of piperidine rings is 1. The number of carbonyl (C=O) groups excluding carboxylic acids is 1. The molecule has 2 aromatic carbocycles. The number of hydrogen-bond acceptors (Lipinski definition) is 2. The van der Waals surface area contributed by atoms with E-state index in [2.05, 4.69) is 22.8 Å². The predicted molar refractivity (Wildman–Crippen MR) is 90.7 cm³/mol. The van der Waals surface area contributed by atoms with Crippen LogP contribution in [0.3, 0.4) is 0 Å².